The molecule has 0 aliphatic rings. The first-order chi connectivity index (χ1) is 9.11. The third-order valence-corrected chi connectivity index (χ3v) is 3.29. The number of hydrogen-bond acceptors (Lipinski definition) is 3. The number of anilines is 2. The predicted molar refractivity (Wildman–Crippen MR) is 80.7 cm³/mol. The SMILES string of the molecule is COc1ccc(CN(C)c2cccc(C)c2N)cc1. The van der Waals surface area contributed by atoms with Crippen molar-refractivity contribution in [2.24, 2.45) is 0 Å². The van der Waals surface area contributed by atoms with Gasteiger partial charge in [0.15, 0.2) is 0 Å². The zero-order chi connectivity index (χ0) is 13.8. The second-order valence-corrected chi connectivity index (χ2v) is 4.71. The van der Waals surface area contributed by atoms with Gasteiger partial charge >= 0.3 is 0 Å². The lowest BCUT2D eigenvalue weighted by atomic mass is 10.1. The first kappa shape index (κ1) is 13.3. The smallest absolute Gasteiger partial charge is 0.118 e. The van der Waals surface area contributed by atoms with Gasteiger partial charge in [-0.25, -0.2) is 0 Å². The van der Waals surface area contributed by atoms with Crippen LogP contribution in [0.5, 0.6) is 5.75 Å². The molecule has 0 radical (unpaired) electrons. The zero-order valence-corrected chi connectivity index (χ0v) is 11.7. The van der Waals surface area contributed by atoms with Crippen molar-refractivity contribution in [3.05, 3.63) is 53.6 Å². The number of methoxy groups -OCH3 is 1. The molecule has 3 nitrogen and oxygen atoms in total. The lowest BCUT2D eigenvalue weighted by Crippen LogP contribution is -2.18. The van der Waals surface area contributed by atoms with Crippen molar-refractivity contribution in [1.29, 1.82) is 0 Å². The fourth-order valence-corrected chi connectivity index (χ4v) is 2.09. The van der Waals surface area contributed by atoms with Crippen molar-refractivity contribution in [2.45, 2.75) is 13.5 Å². The minimum absolute atomic E-state index is 0.817. The molecule has 2 N–H and O–H groups in total. The summed E-state index contributed by atoms with van der Waals surface area (Å²) in [6.07, 6.45) is 0. The largest absolute Gasteiger partial charge is 0.497 e. The molecule has 0 unspecified atom stereocenters. The topological polar surface area (TPSA) is 38.5 Å². The molecule has 0 spiro atoms. The number of nitrogen functional groups attached to an aromatic ring is 1. The Kier molecular flexibility index (Phi) is 3.95. The number of nitrogens with zero attached hydrogens (tertiary/aromatic N) is 1. The fourth-order valence-electron chi connectivity index (χ4n) is 2.09. The lowest BCUT2D eigenvalue weighted by molar-refractivity contribution is 0.414. The van der Waals surface area contributed by atoms with E-state index in [1.54, 1.807) is 7.11 Å². The maximum absolute atomic E-state index is 6.12. The average molecular weight is 256 g/mol. The van der Waals surface area contributed by atoms with E-state index in [0.29, 0.717) is 0 Å². The van der Waals surface area contributed by atoms with Gasteiger partial charge in [0.2, 0.25) is 0 Å². The van der Waals surface area contributed by atoms with E-state index >= 15 is 0 Å². The molecule has 0 aliphatic carbocycles. The van der Waals surface area contributed by atoms with E-state index in [1.165, 1.54) is 5.56 Å². The maximum Gasteiger partial charge on any atom is 0.118 e. The highest BCUT2D eigenvalue weighted by Gasteiger charge is 2.07. The normalized spacial score (nSPS) is 10.3. The molecule has 3 heteroatoms. The van der Waals surface area contributed by atoms with Crippen LogP contribution < -0.4 is 15.4 Å². The van der Waals surface area contributed by atoms with Crippen molar-refractivity contribution in [2.75, 3.05) is 24.8 Å². The Labute approximate surface area is 114 Å². The zero-order valence-electron chi connectivity index (χ0n) is 11.7. The average Bonchev–Trinajstić information content (AvgIpc) is 2.42. The predicted octanol–water partition coefficient (Wildman–Crippen LogP) is 3.22. The van der Waals surface area contributed by atoms with Gasteiger partial charge in [-0.15, -0.1) is 0 Å². The molecular weight excluding hydrogens is 236 g/mol. The molecule has 0 heterocycles. The summed E-state index contributed by atoms with van der Waals surface area (Å²) in [5, 5.41) is 0. The molecule has 0 aliphatic heterocycles. The highest BCUT2D eigenvalue weighted by Crippen LogP contribution is 2.26. The monoisotopic (exact) mass is 256 g/mol. The van der Waals surface area contributed by atoms with E-state index in [4.69, 9.17) is 10.5 Å². The molecular formula is C16H20N2O. The van der Waals surface area contributed by atoms with Gasteiger partial charge in [0.05, 0.1) is 18.5 Å². The second-order valence-electron chi connectivity index (χ2n) is 4.71. The Morgan fingerprint density at radius 3 is 2.42 bits per heavy atom. The van der Waals surface area contributed by atoms with Crippen molar-refractivity contribution in [3.63, 3.8) is 0 Å². The number of benzene rings is 2. The minimum atomic E-state index is 0.817. The van der Waals surface area contributed by atoms with Gasteiger partial charge in [0.1, 0.15) is 5.75 Å². The Bertz CT molecular complexity index is 549. The number of para-hydroxylation sites is 1. The van der Waals surface area contributed by atoms with Gasteiger partial charge in [0, 0.05) is 13.6 Å². The molecule has 19 heavy (non-hydrogen) atoms. The van der Waals surface area contributed by atoms with E-state index in [-0.39, 0.29) is 0 Å². The molecule has 0 bridgehead atoms. The summed E-state index contributed by atoms with van der Waals surface area (Å²) in [6, 6.07) is 14.2. The summed E-state index contributed by atoms with van der Waals surface area (Å²) in [7, 11) is 3.73. The molecule has 100 valence electrons. The van der Waals surface area contributed by atoms with Gasteiger partial charge in [-0.05, 0) is 36.2 Å². The van der Waals surface area contributed by atoms with Crippen molar-refractivity contribution >= 4 is 11.4 Å². The van der Waals surface area contributed by atoms with Crippen LogP contribution in [0.15, 0.2) is 42.5 Å². The third kappa shape index (κ3) is 2.99. The van der Waals surface area contributed by atoms with Gasteiger partial charge < -0.3 is 15.4 Å². The van der Waals surface area contributed by atoms with Gasteiger partial charge in [-0.2, -0.15) is 0 Å². The maximum atomic E-state index is 6.12. The Morgan fingerprint density at radius 2 is 1.79 bits per heavy atom. The summed E-state index contributed by atoms with van der Waals surface area (Å²) < 4.78 is 5.16. The summed E-state index contributed by atoms with van der Waals surface area (Å²) in [5.41, 5.74) is 10.4. The van der Waals surface area contributed by atoms with Crippen molar-refractivity contribution in [1.82, 2.24) is 0 Å². The van der Waals surface area contributed by atoms with Gasteiger partial charge in [-0.3, -0.25) is 0 Å². The fraction of sp³-hybridized carbons (Fsp3) is 0.250. The molecule has 2 aromatic carbocycles. The van der Waals surface area contributed by atoms with E-state index < -0.39 is 0 Å². The molecule has 0 amide bonds. The molecule has 0 saturated heterocycles. The number of aryl methyl sites for hydroxylation is 1. The van der Waals surface area contributed by atoms with Crippen LogP contribution in [0.25, 0.3) is 0 Å². The van der Waals surface area contributed by atoms with Crippen LogP contribution in [0, 0.1) is 6.92 Å². The number of nitrogens with two attached hydrogens (primary N) is 1. The van der Waals surface area contributed by atoms with E-state index in [1.807, 2.05) is 37.3 Å². The molecule has 0 atom stereocenters. The van der Waals surface area contributed by atoms with E-state index in [2.05, 4.69) is 24.1 Å². The molecule has 0 fully saturated rings. The first-order valence-electron chi connectivity index (χ1n) is 6.31. The highest BCUT2D eigenvalue weighted by molar-refractivity contribution is 5.70. The quantitative estimate of drug-likeness (QED) is 0.854. The number of hydrogen-bond donors (Lipinski definition) is 1. The minimum Gasteiger partial charge on any atom is -0.497 e. The van der Waals surface area contributed by atoms with Crippen molar-refractivity contribution < 1.29 is 4.74 Å². The Balaban J connectivity index is 2.15. The van der Waals surface area contributed by atoms with Crippen LogP contribution >= 0.6 is 0 Å². The van der Waals surface area contributed by atoms with Crippen LogP contribution in [0.1, 0.15) is 11.1 Å². The number of rotatable bonds is 4. The molecule has 0 saturated carbocycles. The van der Waals surface area contributed by atoms with Gasteiger partial charge in [-0.1, -0.05) is 24.3 Å². The van der Waals surface area contributed by atoms with Crippen molar-refractivity contribution in [3.8, 4) is 5.75 Å². The summed E-state index contributed by atoms with van der Waals surface area (Å²) in [6.45, 7) is 2.84. The van der Waals surface area contributed by atoms with E-state index in [9.17, 15) is 0 Å². The van der Waals surface area contributed by atoms with Crippen LogP contribution in [0.2, 0.25) is 0 Å². The Morgan fingerprint density at radius 1 is 1.11 bits per heavy atom. The summed E-state index contributed by atoms with van der Waals surface area (Å²) >= 11 is 0. The lowest BCUT2D eigenvalue weighted by Gasteiger charge is -2.22. The number of ether oxygens (including phenoxy) is 1. The highest BCUT2D eigenvalue weighted by atomic mass is 16.5. The van der Waals surface area contributed by atoms with Crippen LogP contribution in [0.3, 0.4) is 0 Å². The van der Waals surface area contributed by atoms with Crippen LogP contribution in [-0.2, 0) is 6.54 Å². The van der Waals surface area contributed by atoms with Gasteiger partial charge in [0.25, 0.3) is 0 Å². The third-order valence-electron chi connectivity index (χ3n) is 3.29. The Hall–Kier alpha value is -2.16. The van der Waals surface area contributed by atoms with Crippen LogP contribution in [0.4, 0.5) is 11.4 Å². The first-order valence-corrected chi connectivity index (χ1v) is 6.31. The molecule has 2 rings (SSSR count). The summed E-state index contributed by atoms with van der Waals surface area (Å²) in [5.74, 6) is 0.876. The summed E-state index contributed by atoms with van der Waals surface area (Å²) in [4.78, 5) is 2.16. The standard InChI is InChI=1S/C16H20N2O/c1-12-5-4-6-15(16(12)17)18(2)11-13-7-9-14(19-3)10-8-13/h4-10H,11,17H2,1-3H3. The molecule has 2 aromatic rings. The molecule has 0 aromatic heterocycles. The van der Waals surface area contributed by atoms with E-state index in [0.717, 1.165) is 29.2 Å². The second kappa shape index (κ2) is 5.65. The van der Waals surface area contributed by atoms with Crippen LogP contribution in [-0.4, -0.2) is 14.2 Å².